The summed E-state index contributed by atoms with van der Waals surface area (Å²) < 4.78 is 5.49. The second-order valence-electron chi connectivity index (χ2n) is 7.68. The number of benzene rings is 1. The Kier molecular flexibility index (Phi) is 7.90. The lowest BCUT2D eigenvalue weighted by molar-refractivity contribution is -0.148. The number of aliphatic imine (C=N–C) groups is 1. The van der Waals surface area contributed by atoms with Gasteiger partial charge in [-0.25, -0.2) is 0 Å². The summed E-state index contributed by atoms with van der Waals surface area (Å²) in [5.74, 6) is 0.699. The van der Waals surface area contributed by atoms with Crippen LogP contribution in [0.5, 0.6) is 0 Å². The maximum absolute atomic E-state index is 12.0. The summed E-state index contributed by atoms with van der Waals surface area (Å²) in [6.45, 7) is 3.94. The van der Waals surface area contributed by atoms with Crippen molar-refractivity contribution >= 4 is 23.5 Å². The van der Waals surface area contributed by atoms with E-state index in [0.717, 1.165) is 43.5 Å². The van der Waals surface area contributed by atoms with E-state index in [2.05, 4.69) is 20.9 Å². The molecule has 3 rings (SSSR count). The molecule has 2 aliphatic rings. The third kappa shape index (κ3) is 6.48. The molecule has 1 saturated carbocycles. The Morgan fingerprint density at radius 2 is 2.03 bits per heavy atom. The first-order valence-corrected chi connectivity index (χ1v) is 10.8. The predicted molar refractivity (Wildman–Crippen MR) is 114 cm³/mol. The van der Waals surface area contributed by atoms with Gasteiger partial charge in [0.25, 0.3) is 0 Å². The molecule has 1 aliphatic heterocycles. The van der Waals surface area contributed by atoms with Crippen molar-refractivity contribution in [2.75, 3.05) is 25.0 Å². The Labute approximate surface area is 172 Å². The second kappa shape index (κ2) is 10.8. The van der Waals surface area contributed by atoms with E-state index in [1.165, 1.54) is 0 Å². The van der Waals surface area contributed by atoms with Gasteiger partial charge in [-0.05, 0) is 50.7 Å². The summed E-state index contributed by atoms with van der Waals surface area (Å²) in [4.78, 5) is 28.6. The number of rotatable bonds is 8. The number of carbonyl (C=O) groups excluding carboxylic acids is 2. The van der Waals surface area contributed by atoms with E-state index in [1.54, 1.807) is 0 Å². The summed E-state index contributed by atoms with van der Waals surface area (Å²) in [5, 5.41) is 9.42. The Morgan fingerprint density at radius 3 is 2.83 bits per heavy atom. The number of esters is 1. The van der Waals surface area contributed by atoms with Crippen molar-refractivity contribution in [3.05, 3.63) is 29.8 Å². The van der Waals surface area contributed by atoms with Gasteiger partial charge in [0, 0.05) is 37.5 Å². The van der Waals surface area contributed by atoms with Gasteiger partial charge in [0.1, 0.15) is 6.10 Å². The van der Waals surface area contributed by atoms with Crippen molar-refractivity contribution in [3.63, 3.8) is 0 Å². The van der Waals surface area contributed by atoms with Crippen LogP contribution in [0.15, 0.2) is 29.3 Å². The van der Waals surface area contributed by atoms with Crippen molar-refractivity contribution in [1.82, 2.24) is 10.6 Å². The smallest absolute Gasteiger partial charge is 0.306 e. The van der Waals surface area contributed by atoms with E-state index in [1.807, 2.05) is 31.2 Å². The lowest BCUT2D eigenvalue weighted by Crippen LogP contribution is -2.38. The highest BCUT2D eigenvalue weighted by molar-refractivity contribution is 5.94. The summed E-state index contributed by atoms with van der Waals surface area (Å²) in [5.41, 5.74) is 2.00. The van der Waals surface area contributed by atoms with Gasteiger partial charge in [0.15, 0.2) is 5.96 Å². The van der Waals surface area contributed by atoms with E-state index in [0.29, 0.717) is 38.3 Å². The molecule has 1 aromatic carbocycles. The topological polar surface area (TPSA) is 91.8 Å². The zero-order valence-corrected chi connectivity index (χ0v) is 17.2. The highest BCUT2D eigenvalue weighted by Crippen LogP contribution is 2.31. The van der Waals surface area contributed by atoms with Crippen LogP contribution in [0.1, 0.15) is 63.4 Å². The number of para-hydroxylation sites is 1. The van der Waals surface area contributed by atoms with Gasteiger partial charge in [-0.2, -0.15) is 0 Å². The van der Waals surface area contributed by atoms with Crippen molar-refractivity contribution in [2.24, 2.45) is 4.99 Å². The average molecular weight is 401 g/mol. The molecule has 0 aromatic heterocycles. The molecule has 1 aliphatic carbocycles. The summed E-state index contributed by atoms with van der Waals surface area (Å²) >= 11 is 0. The molecule has 0 bridgehead atoms. The molecule has 0 spiro atoms. The maximum Gasteiger partial charge on any atom is 0.306 e. The lowest BCUT2D eigenvalue weighted by atomic mass is 9.91. The molecule has 1 amide bonds. The molecule has 1 atom stereocenters. The second-order valence-corrected chi connectivity index (χ2v) is 7.68. The van der Waals surface area contributed by atoms with Crippen molar-refractivity contribution in [2.45, 2.75) is 63.9 Å². The standard InChI is InChI=1S/C22H32N4O3/c1-2-23-22(24-13-7-12-21(28)29-17-8-3-4-9-17)25-15-16-14-20(27)26-19-11-6-5-10-18(16)19/h5-6,10-11,16-17H,2-4,7-9,12-15H2,1H3,(H,26,27)(H2,23,24,25). The number of carbonyl (C=O) groups is 2. The van der Waals surface area contributed by atoms with Crippen LogP contribution < -0.4 is 16.0 Å². The first-order valence-electron chi connectivity index (χ1n) is 10.8. The number of ether oxygens (including phenoxy) is 1. The molecule has 158 valence electrons. The van der Waals surface area contributed by atoms with Crippen LogP contribution >= 0.6 is 0 Å². The zero-order chi connectivity index (χ0) is 20.5. The van der Waals surface area contributed by atoms with Crippen LogP contribution in [-0.4, -0.2) is 43.6 Å². The van der Waals surface area contributed by atoms with Gasteiger partial charge in [0.2, 0.25) is 5.91 Å². The third-order valence-electron chi connectivity index (χ3n) is 5.37. The van der Waals surface area contributed by atoms with E-state index in [4.69, 9.17) is 4.74 Å². The lowest BCUT2D eigenvalue weighted by Gasteiger charge is -2.24. The SMILES string of the molecule is CCNC(=NCC1CC(=O)Nc2ccccc21)NCCCC(=O)OC1CCCC1. The number of amides is 1. The molecule has 1 fully saturated rings. The maximum atomic E-state index is 12.0. The van der Waals surface area contributed by atoms with Gasteiger partial charge in [-0.3, -0.25) is 14.6 Å². The number of nitrogens with one attached hydrogen (secondary N) is 3. The van der Waals surface area contributed by atoms with Crippen LogP contribution in [0, 0.1) is 0 Å². The molecule has 29 heavy (non-hydrogen) atoms. The number of hydrogen-bond donors (Lipinski definition) is 3. The molecule has 1 unspecified atom stereocenters. The van der Waals surface area contributed by atoms with Gasteiger partial charge in [0.05, 0.1) is 6.54 Å². The molecule has 1 heterocycles. The summed E-state index contributed by atoms with van der Waals surface area (Å²) in [6.07, 6.45) is 6.01. The van der Waals surface area contributed by atoms with Crippen molar-refractivity contribution in [3.8, 4) is 0 Å². The molecule has 3 N–H and O–H groups in total. The zero-order valence-electron chi connectivity index (χ0n) is 17.2. The highest BCUT2D eigenvalue weighted by Gasteiger charge is 2.24. The summed E-state index contributed by atoms with van der Waals surface area (Å²) in [7, 11) is 0. The minimum Gasteiger partial charge on any atom is -0.462 e. The number of fused-ring (bicyclic) bond motifs is 1. The number of anilines is 1. The number of guanidine groups is 1. The minimum absolute atomic E-state index is 0.0302. The van der Waals surface area contributed by atoms with Crippen LogP contribution in [-0.2, 0) is 14.3 Å². The molecular formula is C22H32N4O3. The fraction of sp³-hybridized carbons (Fsp3) is 0.591. The van der Waals surface area contributed by atoms with Crippen molar-refractivity contribution < 1.29 is 14.3 Å². The number of hydrogen-bond acceptors (Lipinski definition) is 4. The van der Waals surface area contributed by atoms with Gasteiger partial charge >= 0.3 is 5.97 Å². The van der Waals surface area contributed by atoms with E-state index < -0.39 is 0 Å². The van der Waals surface area contributed by atoms with Gasteiger partial charge < -0.3 is 20.7 Å². The highest BCUT2D eigenvalue weighted by atomic mass is 16.5. The number of nitrogens with zero attached hydrogens (tertiary/aromatic N) is 1. The molecule has 7 nitrogen and oxygen atoms in total. The Hall–Kier alpha value is -2.57. The molecular weight excluding hydrogens is 368 g/mol. The quantitative estimate of drug-likeness (QED) is 0.270. The monoisotopic (exact) mass is 400 g/mol. The van der Waals surface area contributed by atoms with Gasteiger partial charge in [-0.15, -0.1) is 0 Å². The van der Waals surface area contributed by atoms with E-state index in [-0.39, 0.29) is 23.9 Å². The molecule has 7 heteroatoms. The Bertz CT molecular complexity index is 729. The average Bonchev–Trinajstić information content (AvgIpc) is 3.21. The Balaban J connectivity index is 1.46. The van der Waals surface area contributed by atoms with Crippen LogP contribution in [0.25, 0.3) is 0 Å². The largest absolute Gasteiger partial charge is 0.462 e. The molecule has 0 radical (unpaired) electrons. The fourth-order valence-corrected chi connectivity index (χ4v) is 3.90. The van der Waals surface area contributed by atoms with E-state index >= 15 is 0 Å². The van der Waals surface area contributed by atoms with Crippen LogP contribution in [0.2, 0.25) is 0 Å². The Morgan fingerprint density at radius 1 is 1.24 bits per heavy atom. The van der Waals surface area contributed by atoms with Crippen LogP contribution in [0.4, 0.5) is 5.69 Å². The first-order chi connectivity index (χ1) is 14.2. The third-order valence-corrected chi connectivity index (χ3v) is 5.37. The molecule has 1 aromatic rings. The minimum atomic E-state index is -0.106. The summed E-state index contributed by atoms with van der Waals surface area (Å²) in [6, 6.07) is 7.89. The fourth-order valence-electron chi connectivity index (χ4n) is 3.90. The van der Waals surface area contributed by atoms with Crippen molar-refractivity contribution in [1.29, 1.82) is 0 Å². The molecule has 0 saturated heterocycles. The predicted octanol–water partition coefficient (Wildman–Crippen LogP) is 2.93. The van der Waals surface area contributed by atoms with Crippen LogP contribution in [0.3, 0.4) is 0 Å². The first kappa shape index (κ1) is 21.1. The van der Waals surface area contributed by atoms with Gasteiger partial charge in [-0.1, -0.05) is 18.2 Å². The van der Waals surface area contributed by atoms with E-state index in [9.17, 15) is 9.59 Å². The normalized spacial score (nSPS) is 19.4.